The Morgan fingerprint density at radius 2 is 1.85 bits per heavy atom. The number of rotatable bonds is 7. The molecule has 40 heavy (non-hydrogen) atoms. The Morgan fingerprint density at radius 1 is 1.02 bits per heavy atom. The first-order chi connectivity index (χ1) is 19.5. The maximum atomic E-state index is 4.97. The molecule has 1 aliphatic rings. The van der Waals surface area contributed by atoms with Gasteiger partial charge in [-0.2, -0.15) is 0 Å². The van der Waals surface area contributed by atoms with Gasteiger partial charge in [0.25, 0.3) is 0 Å². The normalized spacial score (nSPS) is 14.5. The van der Waals surface area contributed by atoms with Crippen LogP contribution in [0.2, 0.25) is 0 Å². The zero-order chi connectivity index (χ0) is 27.6. The van der Waals surface area contributed by atoms with Crippen molar-refractivity contribution >= 4 is 22.4 Å². The number of aromatic amines is 1. The monoisotopic (exact) mass is 530 g/mol. The number of anilines is 1. The minimum Gasteiger partial charge on any atom is -0.358 e. The lowest BCUT2D eigenvalue weighted by molar-refractivity contribution is 0.405. The molecule has 2 N–H and O–H groups in total. The lowest BCUT2D eigenvalue weighted by atomic mass is 9.87. The van der Waals surface area contributed by atoms with Gasteiger partial charge in [0.2, 0.25) is 0 Å². The molecule has 6 rings (SSSR count). The van der Waals surface area contributed by atoms with E-state index >= 15 is 0 Å². The van der Waals surface area contributed by atoms with Gasteiger partial charge >= 0.3 is 0 Å². The second-order valence-corrected chi connectivity index (χ2v) is 10.6. The van der Waals surface area contributed by atoms with E-state index in [1.165, 1.54) is 32.1 Å². The molecule has 0 saturated heterocycles. The molecule has 0 radical (unpaired) electrons. The molecule has 202 valence electrons. The summed E-state index contributed by atoms with van der Waals surface area (Å²) in [5, 5.41) is 3.53. The third-order valence-electron chi connectivity index (χ3n) is 7.78. The van der Waals surface area contributed by atoms with Crippen molar-refractivity contribution in [2.45, 2.75) is 46.0 Å². The maximum absolute atomic E-state index is 4.97. The number of imidazole rings is 2. The summed E-state index contributed by atoms with van der Waals surface area (Å²) in [6, 6.07) is 8.57. The zero-order valence-corrected chi connectivity index (χ0v) is 23.3. The topological polar surface area (TPSA) is 96.7 Å². The van der Waals surface area contributed by atoms with Gasteiger partial charge in [0, 0.05) is 36.3 Å². The van der Waals surface area contributed by atoms with Gasteiger partial charge in [0.15, 0.2) is 5.82 Å². The van der Waals surface area contributed by atoms with Crippen LogP contribution in [0.3, 0.4) is 0 Å². The van der Waals surface area contributed by atoms with E-state index in [2.05, 4.69) is 68.0 Å². The number of hydrogen-bond donors (Lipinski definition) is 2. The Hall–Kier alpha value is -4.59. The summed E-state index contributed by atoms with van der Waals surface area (Å²) in [7, 11) is 1.80. The minimum atomic E-state index is 0.532. The average molecular weight is 531 g/mol. The molecule has 1 saturated carbocycles. The average Bonchev–Trinajstić information content (AvgIpc) is 3.61. The maximum Gasteiger partial charge on any atom is 0.157 e. The fourth-order valence-electron chi connectivity index (χ4n) is 5.59. The molecule has 1 fully saturated rings. The molecule has 4 aromatic heterocycles. The Morgan fingerprint density at radius 3 is 2.62 bits per heavy atom. The molecule has 0 unspecified atom stereocenters. The number of aryl methyl sites for hydroxylation is 2. The van der Waals surface area contributed by atoms with Crippen molar-refractivity contribution in [2.24, 2.45) is 10.9 Å². The van der Waals surface area contributed by atoms with Crippen molar-refractivity contribution in [3.05, 3.63) is 96.5 Å². The van der Waals surface area contributed by atoms with Crippen LogP contribution in [-0.2, 0) is 0 Å². The van der Waals surface area contributed by atoms with E-state index in [4.69, 9.17) is 4.98 Å². The summed E-state index contributed by atoms with van der Waals surface area (Å²) in [6.07, 6.45) is 17.4. The van der Waals surface area contributed by atoms with Crippen molar-refractivity contribution in [1.82, 2.24) is 29.5 Å². The molecule has 0 aliphatic heterocycles. The molecule has 8 nitrogen and oxygen atoms in total. The van der Waals surface area contributed by atoms with Crippen molar-refractivity contribution in [3.63, 3.8) is 0 Å². The van der Waals surface area contributed by atoms with Crippen LogP contribution in [-0.4, -0.2) is 42.2 Å². The second kappa shape index (κ2) is 10.9. The van der Waals surface area contributed by atoms with Gasteiger partial charge in [-0.1, -0.05) is 38.0 Å². The van der Waals surface area contributed by atoms with Crippen LogP contribution in [0.15, 0.2) is 78.8 Å². The fraction of sp³-hybridized carbons (Fsp3) is 0.281. The number of pyridine rings is 2. The molecule has 0 amide bonds. The van der Waals surface area contributed by atoms with Crippen molar-refractivity contribution < 1.29 is 0 Å². The molecule has 1 aromatic carbocycles. The predicted octanol–water partition coefficient (Wildman–Crippen LogP) is 6.80. The molecule has 0 atom stereocenters. The van der Waals surface area contributed by atoms with E-state index < -0.39 is 0 Å². The second-order valence-electron chi connectivity index (χ2n) is 10.6. The van der Waals surface area contributed by atoms with Crippen LogP contribution in [0.25, 0.3) is 27.8 Å². The van der Waals surface area contributed by atoms with Gasteiger partial charge in [-0.3, -0.25) is 15.0 Å². The van der Waals surface area contributed by atoms with Crippen LogP contribution in [0, 0.1) is 19.8 Å². The highest BCUT2D eigenvalue weighted by Crippen LogP contribution is 2.31. The summed E-state index contributed by atoms with van der Waals surface area (Å²) >= 11 is 0. The number of benzene rings is 1. The first-order valence-corrected chi connectivity index (χ1v) is 13.8. The smallest absolute Gasteiger partial charge is 0.157 e. The lowest BCUT2D eigenvalue weighted by Crippen LogP contribution is -2.14. The highest BCUT2D eigenvalue weighted by molar-refractivity contribution is 6.13. The fourth-order valence-corrected chi connectivity index (χ4v) is 5.59. The number of H-pyrrole nitrogens is 1. The molecular formula is C32H34N8. The van der Waals surface area contributed by atoms with Crippen LogP contribution in [0.4, 0.5) is 5.69 Å². The molecule has 1 aliphatic carbocycles. The molecule has 8 heteroatoms. The molecule has 0 spiro atoms. The van der Waals surface area contributed by atoms with Crippen molar-refractivity contribution in [2.75, 3.05) is 12.4 Å². The Bertz CT molecular complexity index is 1720. The molecule has 0 bridgehead atoms. The summed E-state index contributed by atoms with van der Waals surface area (Å²) in [5.41, 5.74) is 10.5. The molecule has 5 aromatic rings. The number of aromatic nitrogens is 6. The van der Waals surface area contributed by atoms with Gasteiger partial charge in [-0.15, -0.1) is 0 Å². The summed E-state index contributed by atoms with van der Waals surface area (Å²) in [4.78, 5) is 26.4. The van der Waals surface area contributed by atoms with E-state index in [9.17, 15) is 0 Å². The summed E-state index contributed by atoms with van der Waals surface area (Å²) in [5.74, 6) is 1.23. The highest BCUT2D eigenvalue weighted by atomic mass is 15.1. The van der Waals surface area contributed by atoms with Gasteiger partial charge < -0.3 is 14.9 Å². The number of nitrogens with one attached hydrogen (secondary N) is 2. The van der Waals surface area contributed by atoms with Gasteiger partial charge in [0.05, 0.1) is 47.5 Å². The van der Waals surface area contributed by atoms with Gasteiger partial charge in [0.1, 0.15) is 11.2 Å². The Labute approximate surface area is 234 Å². The number of aliphatic imine (C=N–C) groups is 1. The number of allylic oxidation sites excluding steroid dienone is 1. The first kappa shape index (κ1) is 25.7. The predicted molar refractivity (Wildman–Crippen MR) is 161 cm³/mol. The SMILES string of the molecule is C=C(Nc1cncc(-c2ccc(C)c(C(=NC)c3nc4c(-n5cnc(C)c5)cncc4[nH]3)c2)c1)C1CCCCC1. The van der Waals surface area contributed by atoms with Gasteiger partial charge in [-0.25, -0.2) is 9.97 Å². The zero-order valence-electron chi connectivity index (χ0n) is 23.3. The van der Waals surface area contributed by atoms with Crippen LogP contribution in [0.5, 0.6) is 0 Å². The third kappa shape index (κ3) is 5.04. The first-order valence-electron chi connectivity index (χ1n) is 13.8. The van der Waals surface area contributed by atoms with Crippen molar-refractivity contribution in [3.8, 4) is 16.8 Å². The summed E-state index contributed by atoms with van der Waals surface area (Å²) in [6.45, 7) is 8.40. The Balaban J connectivity index is 1.32. The van der Waals surface area contributed by atoms with E-state index in [1.807, 2.05) is 30.1 Å². The number of nitrogens with zero attached hydrogens (tertiary/aromatic N) is 6. The Kier molecular flexibility index (Phi) is 6.99. The van der Waals surface area contributed by atoms with Crippen LogP contribution in [0.1, 0.15) is 54.7 Å². The highest BCUT2D eigenvalue weighted by Gasteiger charge is 2.19. The van der Waals surface area contributed by atoms with E-state index in [-0.39, 0.29) is 0 Å². The number of fused-ring (bicyclic) bond motifs is 1. The van der Waals surface area contributed by atoms with E-state index in [1.54, 1.807) is 25.8 Å². The van der Waals surface area contributed by atoms with Gasteiger partial charge in [-0.05, 0) is 55.9 Å². The molecule has 4 heterocycles. The minimum absolute atomic E-state index is 0.532. The van der Waals surface area contributed by atoms with Crippen molar-refractivity contribution in [1.29, 1.82) is 0 Å². The van der Waals surface area contributed by atoms with E-state index in [0.29, 0.717) is 11.7 Å². The molecular weight excluding hydrogens is 496 g/mol. The lowest BCUT2D eigenvalue weighted by Gasteiger charge is -2.24. The largest absolute Gasteiger partial charge is 0.358 e. The quantitative estimate of drug-likeness (QED) is 0.226. The van der Waals surface area contributed by atoms with Crippen LogP contribution >= 0.6 is 0 Å². The summed E-state index contributed by atoms with van der Waals surface area (Å²) < 4.78 is 1.95. The van der Waals surface area contributed by atoms with E-state index in [0.717, 1.165) is 61.8 Å². The third-order valence-corrected chi connectivity index (χ3v) is 7.78. The van der Waals surface area contributed by atoms with Crippen LogP contribution < -0.4 is 5.32 Å². The number of hydrogen-bond acceptors (Lipinski definition) is 6. The standard InChI is InChI=1S/C32H34N8/c1-20-10-11-24(25-12-26(15-34-14-25)37-22(3)23-8-6-5-7-9-23)13-27(20)30(33-4)32-38-28-16-35-17-29(31(28)39-32)40-18-21(2)36-19-40/h10-19,23,37H,3,5-9H2,1-2,4H3,(H,38,39).